The first-order valence-corrected chi connectivity index (χ1v) is 11.7. The van der Waals surface area contributed by atoms with Crippen LogP contribution in [0.3, 0.4) is 0 Å². The molecule has 2 saturated heterocycles. The fourth-order valence-electron chi connectivity index (χ4n) is 4.29. The third-order valence-corrected chi connectivity index (χ3v) is 8.23. The van der Waals surface area contributed by atoms with Gasteiger partial charge < -0.3 is 26.2 Å². The van der Waals surface area contributed by atoms with Gasteiger partial charge >= 0.3 is 0 Å². The van der Waals surface area contributed by atoms with Crippen molar-refractivity contribution >= 4 is 46.6 Å². The number of halogens is 2. The van der Waals surface area contributed by atoms with Gasteiger partial charge in [0.2, 0.25) is 0 Å². The van der Waals surface area contributed by atoms with E-state index in [1.165, 1.54) is 11.8 Å². The summed E-state index contributed by atoms with van der Waals surface area (Å²) in [4.78, 5) is 16.2. The molecule has 4 rings (SSSR count). The maximum absolute atomic E-state index is 10.00. The molecule has 2 atom stereocenters. The van der Waals surface area contributed by atoms with Crippen molar-refractivity contribution in [2.24, 2.45) is 11.1 Å². The highest BCUT2D eigenvalue weighted by atomic mass is 35.5. The first kappa shape index (κ1) is 22.8. The number of ether oxygens (including phenoxy) is 1. The number of hydrogen-bond acceptors (Lipinski definition) is 9. The second-order valence-corrected chi connectivity index (χ2v) is 9.95. The number of hydrogen-bond donors (Lipinski definition) is 3. The average molecular weight is 485 g/mol. The molecular weight excluding hydrogens is 459 g/mol. The lowest BCUT2D eigenvalue weighted by molar-refractivity contribution is 0.0973. The molecule has 0 bridgehead atoms. The van der Waals surface area contributed by atoms with Crippen LogP contribution in [0.1, 0.15) is 31.2 Å². The van der Waals surface area contributed by atoms with Crippen LogP contribution in [0, 0.1) is 12.3 Å². The predicted octanol–water partition coefficient (Wildman–Crippen LogP) is 3.05. The number of nitrogen functional groups attached to an aromatic ring is 1. The van der Waals surface area contributed by atoms with E-state index < -0.39 is 0 Å². The van der Waals surface area contributed by atoms with Crippen molar-refractivity contribution in [3.8, 4) is 0 Å². The Labute approximate surface area is 195 Å². The molecule has 1 spiro atoms. The van der Waals surface area contributed by atoms with Gasteiger partial charge in [-0.2, -0.15) is 0 Å². The van der Waals surface area contributed by atoms with E-state index in [-0.39, 0.29) is 35.1 Å². The minimum absolute atomic E-state index is 0.0187. The van der Waals surface area contributed by atoms with Gasteiger partial charge in [-0.05, 0) is 32.8 Å². The van der Waals surface area contributed by atoms with Crippen molar-refractivity contribution in [2.75, 3.05) is 30.3 Å². The normalized spacial score (nSPS) is 23.0. The van der Waals surface area contributed by atoms with E-state index in [1.807, 2.05) is 13.8 Å². The average Bonchev–Trinajstić information content (AvgIpc) is 3.02. The summed E-state index contributed by atoms with van der Waals surface area (Å²) in [5, 5.41) is 11.1. The van der Waals surface area contributed by atoms with Crippen molar-refractivity contribution in [1.29, 1.82) is 0 Å². The molecule has 31 heavy (non-hydrogen) atoms. The highest BCUT2D eigenvalue weighted by molar-refractivity contribution is 7.99. The summed E-state index contributed by atoms with van der Waals surface area (Å²) in [5.41, 5.74) is 13.5. The molecule has 2 aromatic rings. The van der Waals surface area contributed by atoms with Crippen LogP contribution < -0.4 is 16.4 Å². The number of aliphatic hydroxyl groups excluding tert-OH is 1. The summed E-state index contributed by atoms with van der Waals surface area (Å²) in [6.07, 6.45) is 1.93. The zero-order valence-corrected chi connectivity index (χ0v) is 19.8. The molecule has 2 fully saturated rings. The molecule has 2 aromatic heterocycles. The summed E-state index contributed by atoms with van der Waals surface area (Å²) in [5.74, 6) is 0.977. The largest absolute Gasteiger partial charge is 0.390 e. The number of nitrogens with two attached hydrogens (primary N) is 2. The van der Waals surface area contributed by atoms with Crippen LogP contribution in [0.25, 0.3) is 0 Å². The van der Waals surface area contributed by atoms with Crippen molar-refractivity contribution in [3.05, 3.63) is 27.6 Å². The van der Waals surface area contributed by atoms with Crippen molar-refractivity contribution < 1.29 is 9.84 Å². The Bertz CT molecular complexity index is 987. The van der Waals surface area contributed by atoms with E-state index in [2.05, 4.69) is 14.9 Å². The Kier molecular flexibility index (Phi) is 6.54. The van der Waals surface area contributed by atoms with E-state index in [4.69, 9.17) is 44.4 Å². The van der Waals surface area contributed by atoms with Gasteiger partial charge in [-0.1, -0.05) is 35.0 Å². The van der Waals surface area contributed by atoms with E-state index in [1.54, 1.807) is 6.07 Å². The molecule has 0 aliphatic carbocycles. The predicted molar refractivity (Wildman–Crippen MR) is 123 cm³/mol. The molecule has 0 amide bonds. The highest BCUT2D eigenvalue weighted by Gasteiger charge is 2.47. The number of piperidine rings is 1. The van der Waals surface area contributed by atoms with Crippen LogP contribution in [-0.4, -0.2) is 51.9 Å². The fraction of sp³-hybridized carbons (Fsp3) is 0.550. The van der Waals surface area contributed by atoms with Crippen LogP contribution in [0.5, 0.6) is 0 Å². The lowest BCUT2D eigenvalue weighted by atomic mass is 9.73. The van der Waals surface area contributed by atoms with Gasteiger partial charge in [0.1, 0.15) is 16.5 Å². The van der Waals surface area contributed by atoms with Crippen LogP contribution in [0.4, 0.5) is 11.6 Å². The van der Waals surface area contributed by atoms with Gasteiger partial charge in [0.15, 0.2) is 11.0 Å². The summed E-state index contributed by atoms with van der Waals surface area (Å²) < 4.78 is 5.81. The molecule has 0 aromatic carbocycles. The lowest BCUT2D eigenvalue weighted by Gasteiger charge is -2.42. The number of pyridine rings is 1. The quantitative estimate of drug-likeness (QED) is 0.561. The lowest BCUT2D eigenvalue weighted by Crippen LogP contribution is -2.51. The van der Waals surface area contributed by atoms with Crippen molar-refractivity contribution in [2.45, 2.75) is 55.4 Å². The van der Waals surface area contributed by atoms with Gasteiger partial charge in [0.25, 0.3) is 0 Å². The molecule has 2 aliphatic heterocycles. The van der Waals surface area contributed by atoms with Crippen LogP contribution in [0.2, 0.25) is 10.2 Å². The summed E-state index contributed by atoms with van der Waals surface area (Å²) in [6.45, 7) is 5.99. The molecule has 5 N–H and O–H groups in total. The number of rotatable bonds is 4. The van der Waals surface area contributed by atoms with E-state index in [9.17, 15) is 5.11 Å². The molecular formula is C20H26Cl2N6O2S. The van der Waals surface area contributed by atoms with Crippen molar-refractivity contribution in [3.63, 3.8) is 0 Å². The Morgan fingerprint density at radius 1 is 1.29 bits per heavy atom. The number of aryl methyl sites for hydroxylation is 1. The zero-order chi connectivity index (χ0) is 22.3. The van der Waals surface area contributed by atoms with E-state index in [0.717, 1.165) is 31.6 Å². The SMILES string of the molecule is Cc1nc(N2CCC3(CC2)CO[C@@H](C)[C@H]3N)c(CO)nc1Sc1cc(N)nc(Cl)c1Cl. The molecule has 11 heteroatoms. The third kappa shape index (κ3) is 4.31. The number of aromatic nitrogens is 3. The first-order valence-electron chi connectivity index (χ1n) is 10.1. The van der Waals surface area contributed by atoms with Gasteiger partial charge in [-0.15, -0.1) is 0 Å². The Hall–Kier alpha value is -1.36. The highest BCUT2D eigenvalue weighted by Crippen LogP contribution is 2.43. The fourth-order valence-corrected chi connectivity index (χ4v) is 5.68. The molecule has 168 valence electrons. The molecule has 8 nitrogen and oxygen atoms in total. The topological polar surface area (TPSA) is 123 Å². The van der Waals surface area contributed by atoms with Crippen LogP contribution in [0.15, 0.2) is 16.0 Å². The monoisotopic (exact) mass is 484 g/mol. The van der Waals surface area contributed by atoms with Gasteiger partial charge in [0, 0.05) is 29.4 Å². The summed E-state index contributed by atoms with van der Waals surface area (Å²) in [7, 11) is 0. The summed E-state index contributed by atoms with van der Waals surface area (Å²) in [6, 6.07) is 1.69. The van der Waals surface area contributed by atoms with E-state index >= 15 is 0 Å². The Morgan fingerprint density at radius 2 is 2.00 bits per heavy atom. The zero-order valence-electron chi connectivity index (χ0n) is 17.4. The third-order valence-electron chi connectivity index (χ3n) is 6.24. The van der Waals surface area contributed by atoms with Gasteiger partial charge in [0.05, 0.1) is 30.0 Å². The van der Waals surface area contributed by atoms with Gasteiger partial charge in [-0.25, -0.2) is 15.0 Å². The van der Waals surface area contributed by atoms with Crippen molar-refractivity contribution in [1.82, 2.24) is 15.0 Å². The Balaban J connectivity index is 1.57. The van der Waals surface area contributed by atoms with E-state index in [0.29, 0.717) is 33.1 Å². The van der Waals surface area contributed by atoms with Crippen LogP contribution >= 0.6 is 35.0 Å². The molecule has 0 saturated carbocycles. The molecule has 2 aliphatic rings. The smallest absolute Gasteiger partial charge is 0.153 e. The second-order valence-electron chi connectivity index (χ2n) is 8.19. The molecule has 0 radical (unpaired) electrons. The number of anilines is 2. The number of nitrogens with zero attached hydrogens (tertiary/aromatic N) is 4. The standard InChI is InChI=1S/C20H26Cl2N6O2S/c1-10-19(31-13-7-14(23)27-17(22)15(13)21)26-12(8-29)18(25-10)28-5-3-20(4-6-28)9-30-11(2)16(20)24/h7,11,16,29H,3-6,8-9,24H2,1-2H3,(H2,23,27)/t11-,16+/m0/s1. The summed E-state index contributed by atoms with van der Waals surface area (Å²) >= 11 is 13.6. The minimum Gasteiger partial charge on any atom is -0.390 e. The van der Waals surface area contributed by atoms with Crippen LogP contribution in [-0.2, 0) is 11.3 Å². The minimum atomic E-state index is -0.218. The van der Waals surface area contributed by atoms with Gasteiger partial charge in [-0.3, -0.25) is 0 Å². The Morgan fingerprint density at radius 3 is 2.61 bits per heavy atom. The maximum Gasteiger partial charge on any atom is 0.153 e. The molecule has 0 unspecified atom stereocenters. The second kappa shape index (κ2) is 8.88. The maximum atomic E-state index is 10.00. The first-order chi connectivity index (χ1) is 14.7. The number of aliphatic hydroxyl groups is 1. The molecule has 4 heterocycles.